The van der Waals surface area contributed by atoms with Gasteiger partial charge in [0.2, 0.25) is 11.9 Å². The molecule has 0 unspecified atom stereocenters. The molecule has 0 aliphatic carbocycles. The summed E-state index contributed by atoms with van der Waals surface area (Å²) < 4.78 is 0. The Bertz CT molecular complexity index is 634. The summed E-state index contributed by atoms with van der Waals surface area (Å²) in [6.45, 7) is 5.95. The second kappa shape index (κ2) is 4.65. The van der Waals surface area contributed by atoms with Crippen LogP contribution in [0.25, 0.3) is 10.2 Å². The molecule has 0 atom stereocenters. The fraction of sp³-hybridized carbons (Fsp3) is 0.417. The smallest absolute Gasteiger partial charge is 0.224 e. The van der Waals surface area contributed by atoms with Crippen LogP contribution in [-0.2, 0) is 4.79 Å². The summed E-state index contributed by atoms with van der Waals surface area (Å²) in [5, 5.41) is 4.05. The number of anilines is 2. The molecule has 19 heavy (non-hydrogen) atoms. The number of primary amides is 1. The van der Waals surface area contributed by atoms with Gasteiger partial charge in [0.25, 0.3) is 0 Å². The zero-order valence-corrected chi connectivity index (χ0v) is 12.0. The van der Waals surface area contributed by atoms with E-state index >= 15 is 0 Å². The predicted molar refractivity (Wildman–Crippen MR) is 78.0 cm³/mol. The maximum atomic E-state index is 11.3. The Kier molecular flexibility index (Phi) is 3.32. The summed E-state index contributed by atoms with van der Waals surface area (Å²) in [4.78, 5) is 21.7. The third-order valence-electron chi connectivity index (χ3n) is 2.90. The van der Waals surface area contributed by atoms with Crippen molar-refractivity contribution in [2.45, 2.75) is 20.8 Å². The summed E-state index contributed by atoms with van der Waals surface area (Å²) in [5.41, 5.74) is 10.4. The highest BCUT2D eigenvalue weighted by Gasteiger charge is 2.25. The van der Waals surface area contributed by atoms with E-state index in [1.165, 1.54) is 0 Å². The molecule has 7 heteroatoms. The van der Waals surface area contributed by atoms with Gasteiger partial charge in [-0.25, -0.2) is 4.98 Å². The molecular weight excluding hydrogens is 262 g/mol. The Labute approximate surface area is 115 Å². The lowest BCUT2D eigenvalue weighted by Crippen LogP contribution is -2.37. The normalized spacial score (nSPS) is 11.7. The van der Waals surface area contributed by atoms with Crippen molar-refractivity contribution in [2.24, 2.45) is 11.1 Å². The molecule has 102 valence electrons. The summed E-state index contributed by atoms with van der Waals surface area (Å²) in [6, 6.07) is 2.00. The molecule has 0 aliphatic heterocycles. The lowest BCUT2D eigenvalue weighted by molar-refractivity contribution is -0.125. The SMILES string of the molecule is Cc1cc2c(NCC(C)(C)C(N)=O)nc(N)nc2s1. The molecule has 6 nitrogen and oxygen atoms in total. The molecule has 1 amide bonds. The minimum absolute atomic E-state index is 0.216. The number of rotatable bonds is 4. The van der Waals surface area contributed by atoms with Crippen molar-refractivity contribution in [3.05, 3.63) is 10.9 Å². The molecule has 0 spiro atoms. The zero-order valence-electron chi connectivity index (χ0n) is 11.2. The van der Waals surface area contributed by atoms with Gasteiger partial charge in [-0.2, -0.15) is 4.98 Å². The van der Waals surface area contributed by atoms with Gasteiger partial charge in [-0.15, -0.1) is 11.3 Å². The molecule has 0 saturated carbocycles. The van der Waals surface area contributed by atoms with Crippen LogP contribution >= 0.6 is 11.3 Å². The highest BCUT2D eigenvalue weighted by molar-refractivity contribution is 7.18. The number of aromatic nitrogens is 2. The van der Waals surface area contributed by atoms with Gasteiger partial charge in [-0.05, 0) is 26.8 Å². The Morgan fingerprint density at radius 3 is 2.79 bits per heavy atom. The minimum atomic E-state index is -0.656. The minimum Gasteiger partial charge on any atom is -0.369 e. The van der Waals surface area contributed by atoms with E-state index in [0.717, 1.165) is 15.1 Å². The van der Waals surface area contributed by atoms with E-state index in [1.54, 1.807) is 25.2 Å². The number of hydrogen-bond donors (Lipinski definition) is 3. The molecule has 2 aromatic rings. The molecule has 2 rings (SSSR count). The second-order valence-corrected chi connectivity index (χ2v) is 6.34. The highest BCUT2D eigenvalue weighted by Crippen LogP contribution is 2.29. The number of aryl methyl sites for hydroxylation is 1. The van der Waals surface area contributed by atoms with Gasteiger partial charge in [0, 0.05) is 11.4 Å². The van der Waals surface area contributed by atoms with Crippen LogP contribution in [0.3, 0.4) is 0 Å². The number of nitrogen functional groups attached to an aromatic ring is 1. The second-order valence-electron chi connectivity index (χ2n) is 5.11. The van der Waals surface area contributed by atoms with Crippen molar-refractivity contribution < 1.29 is 4.79 Å². The van der Waals surface area contributed by atoms with Crippen molar-refractivity contribution in [2.75, 3.05) is 17.6 Å². The first-order valence-corrected chi connectivity index (χ1v) is 6.69. The molecule has 0 aromatic carbocycles. The average molecular weight is 279 g/mol. The van der Waals surface area contributed by atoms with Crippen LogP contribution in [0, 0.1) is 12.3 Å². The first-order valence-electron chi connectivity index (χ1n) is 5.87. The van der Waals surface area contributed by atoms with E-state index < -0.39 is 5.41 Å². The average Bonchev–Trinajstić information content (AvgIpc) is 2.66. The van der Waals surface area contributed by atoms with Crippen LogP contribution in [0.1, 0.15) is 18.7 Å². The van der Waals surface area contributed by atoms with E-state index in [0.29, 0.717) is 12.4 Å². The van der Waals surface area contributed by atoms with Crippen LogP contribution < -0.4 is 16.8 Å². The number of hydrogen-bond acceptors (Lipinski definition) is 6. The van der Waals surface area contributed by atoms with Crippen LogP contribution in [0.2, 0.25) is 0 Å². The standard InChI is InChI=1S/C12H17N5OS/c1-6-4-7-8(15-5-12(2,3)10(13)18)16-11(14)17-9(7)19-6/h4H,5H2,1-3H3,(H2,13,18)(H3,14,15,16,17). The van der Waals surface area contributed by atoms with Gasteiger partial charge in [0.15, 0.2) is 0 Å². The molecule has 0 aliphatic rings. The maximum absolute atomic E-state index is 11.3. The van der Waals surface area contributed by atoms with E-state index in [9.17, 15) is 4.79 Å². The van der Waals surface area contributed by atoms with Gasteiger partial charge in [0.1, 0.15) is 10.6 Å². The number of fused-ring (bicyclic) bond motifs is 1. The molecule has 0 saturated heterocycles. The van der Waals surface area contributed by atoms with Crippen molar-refractivity contribution in [3.8, 4) is 0 Å². The number of carbonyl (C=O) groups is 1. The summed E-state index contributed by atoms with van der Waals surface area (Å²) >= 11 is 1.56. The summed E-state index contributed by atoms with van der Waals surface area (Å²) in [6.07, 6.45) is 0. The number of amides is 1. The summed E-state index contributed by atoms with van der Waals surface area (Å²) in [5.74, 6) is 0.495. The van der Waals surface area contributed by atoms with Crippen LogP contribution in [-0.4, -0.2) is 22.4 Å². The Balaban J connectivity index is 2.32. The number of nitrogens with zero attached hydrogens (tertiary/aromatic N) is 2. The zero-order chi connectivity index (χ0) is 14.2. The largest absolute Gasteiger partial charge is 0.369 e. The van der Waals surface area contributed by atoms with Gasteiger partial charge in [0.05, 0.1) is 10.8 Å². The first-order chi connectivity index (χ1) is 8.79. The van der Waals surface area contributed by atoms with E-state index in [-0.39, 0.29) is 11.9 Å². The summed E-state index contributed by atoms with van der Waals surface area (Å²) in [7, 11) is 0. The van der Waals surface area contributed by atoms with Crippen LogP contribution in [0.5, 0.6) is 0 Å². The van der Waals surface area contributed by atoms with Crippen molar-refractivity contribution in [1.82, 2.24) is 9.97 Å². The number of thiophene rings is 1. The van der Waals surface area contributed by atoms with Crippen molar-refractivity contribution in [3.63, 3.8) is 0 Å². The van der Waals surface area contributed by atoms with E-state index in [1.807, 2.05) is 13.0 Å². The third-order valence-corrected chi connectivity index (χ3v) is 3.84. The molecule has 5 N–H and O–H groups in total. The lowest BCUT2D eigenvalue weighted by atomic mass is 9.93. The third kappa shape index (κ3) is 2.76. The van der Waals surface area contributed by atoms with E-state index in [4.69, 9.17) is 11.5 Å². The molecular formula is C12H17N5OS. The number of nitrogens with two attached hydrogens (primary N) is 2. The first kappa shape index (κ1) is 13.5. The van der Waals surface area contributed by atoms with Crippen LogP contribution in [0.15, 0.2) is 6.07 Å². The molecule has 2 aromatic heterocycles. The Morgan fingerprint density at radius 1 is 1.47 bits per heavy atom. The van der Waals surface area contributed by atoms with Gasteiger partial charge >= 0.3 is 0 Å². The Morgan fingerprint density at radius 2 is 2.16 bits per heavy atom. The highest BCUT2D eigenvalue weighted by atomic mass is 32.1. The van der Waals surface area contributed by atoms with Crippen molar-refractivity contribution >= 4 is 39.2 Å². The molecule has 0 fully saturated rings. The molecule has 2 heterocycles. The quantitative estimate of drug-likeness (QED) is 0.786. The monoisotopic (exact) mass is 279 g/mol. The predicted octanol–water partition coefficient (Wildman–Crippen LogP) is 1.51. The van der Waals surface area contributed by atoms with E-state index in [2.05, 4.69) is 15.3 Å². The van der Waals surface area contributed by atoms with Gasteiger partial charge in [-0.1, -0.05) is 0 Å². The topological polar surface area (TPSA) is 107 Å². The van der Waals surface area contributed by atoms with Crippen LogP contribution in [0.4, 0.5) is 11.8 Å². The number of nitrogens with one attached hydrogen (secondary N) is 1. The lowest BCUT2D eigenvalue weighted by Gasteiger charge is -2.21. The maximum Gasteiger partial charge on any atom is 0.224 e. The van der Waals surface area contributed by atoms with Gasteiger partial charge < -0.3 is 16.8 Å². The van der Waals surface area contributed by atoms with Crippen molar-refractivity contribution in [1.29, 1.82) is 0 Å². The fourth-order valence-electron chi connectivity index (χ4n) is 1.59. The molecule has 0 bridgehead atoms. The Hall–Kier alpha value is -1.89. The number of carbonyl (C=O) groups excluding carboxylic acids is 1. The van der Waals surface area contributed by atoms with Gasteiger partial charge in [-0.3, -0.25) is 4.79 Å². The fourth-order valence-corrected chi connectivity index (χ4v) is 2.47. The molecule has 0 radical (unpaired) electrons.